The van der Waals surface area contributed by atoms with Crippen LogP contribution in [0.3, 0.4) is 0 Å². The molecule has 0 aromatic carbocycles. The van der Waals surface area contributed by atoms with Crippen molar-refractivity contribution in [2.75, 3.05) is 0 Å². The first-order valence-corrected chi connectivity index (χ1v) is 11.5. The summed E-state index contributed by atoms with van der Waals surface area (Å²) in [6, 6.07) is 0. The largest absolute Gasteiger partial charge is 0.313 e. The van der Waals surface area contributed by atoms with Crippen molar-refractivity contribution in [3.05, 3.63) is 0 Å². The average Bonchev–Trinajstić information content (AvgIpc) is 2.00. The highest BCUT2D eigenvalue weighted by Gasteiger charge is 2.47. The molecule has 92 valence electrons. The van der Waals surface area contributed by atoms with Gasteiger partial charge in [0.2, 0.25) is 0 Å². The zero-order valence-electron chi connectivity index (χ0n) is 10.6. The van der Waals surface area contributed by atoms with Gasteiger partial charge in [0.05, 0.1) is 0 Å². The predicted molar refractivity (Wildman–Crippen MR) is 82.8 cm³/mol. The van der Waals surface area contributed by atoms with Crippen LogP contribution in [0.15, 0.2) is 0 Å². The average molecular weight is 439 g/mol. The van der Waals surface area contributed by atoms with Crippen LogP contribution < -0.4 is 0 Å². The first-order valence-electron chi connectivity index (χ1n) is 5.20. The lowest BCUT2D eigenvalue weighted by atomic mass is 9.67. The van der Waals surface area contributed by atoms with Crippen molar-refractivity contribution in [2.24, 2.45) is 5.41 Å². The van der Waals surface area contributed by atoms with E-state index in [0.717, 1.165) is 12.8 Å². The summed E-state index contributed by atoms with van der Waals surface area (Å²) in [5, 5.41) is 11.6. The molecule has 15 heavy (non-hydrogen) atoms. The molecule has 1 rings (SSSR count). The Morgan fingerprint density at radius 1 is 0.867 bits per heavy atom. The molecule has 1 saturated heterocycles. The van der Waals surface area contributed by atoms with Crippen LogP contribution in [0.5, 0.6) is 0 Å². The third kappa shape index (κ3) is 4.27. The molecule has 1 heterocycles. The van der Waals surface area contributed by atoms with Crippen LogP contribution in [-0.2, 0) is 0 Å². The smallest absolute Gasteiger partial charge is 0.0415 e. The van der Waals surface area contributed by atoms with E-state index in [-0.39, 0.29) is 11.1 Å². The summed E-state index contributed by atoms with van der Waals surface area (Å²) in [6.07, 6.45) is 2.08. The first kappa shape index (κ1) is 16.4. The van der Waals surface area contributed by atoms with Gasteiger partial charge in [0.1, 0.15) is 0 Å². The molecular formula is C11H23I2NO. The highest BCUT2D eigenvalue weighted by molar-refractivity contribution is 15.0. The molecule has 1 aliphatic rings. The molecule has 0 spiro atoms. The maximum Gasteiger partial charge on any atom is 0.0415 e. The van der Waals surface area contributed by atoms with Crippen LogP contribution in [0, 0.1) is 5.41 Å². The summed E-state index contributed by atoms with van der Waals surface area (Å²) < 4.78 is 0. The maximum atomic E-state index is 10.0. The van der Waals surface area contributed by atoms with E-state index in [1.54, 1.807) is 0 Å². The van der Waals surface area contributed by atoms with Gasteiger partial charge in [-0.3, -0.25) is 0 Å². The second kappa shape index (κ2) is 5.35. The van der Waals surface area contributed by atoms with Gasteiger partial charge in [-0.15, -0.1) is 0 Å². The van der Waals surface area contributed by atoms with Crippen molar-refractivity contribution < 1.29 is 5.21 Å². The minimum atomic E-state index is -0.106. The topological polar surface area (TPSA) is 23.5 Å². The first-order chi connectivity index (χ1) is 6.57. The Bertz CT molecular complexity index is 195. The Labute approximate surface area is 117 Å². The number of halogens is 2. The van der Waals surface area contributed by atoms with Gasteiger partial charge in [0.15, 0.2) is 0 Å². The summed E-state index contributed by atoms with van der Waals surface area (Å²) in [4.78, 5) is 0. The monoisotopic (exact) mass is 439 g/mol. The molecule has 1 N–H and O–H groups in total. The normalized spacial score (nSPS) is 27.8. The van der Waals surface area contributed by atoms with Gasteiger partial charge in [-0.1, -0.05) is 13.8 Å². The highest BCUT2D eigenvalue weighted by atomic mass is 128. The van der Waals surface area contributed by atoms with E-state index in [1.807, 2.05) is 0 Å². The lowest BCUT2D eigenvalue weighted by molar-refractivity contribution is -0.260. The van der Waals surface area contributed by atoms with E-state index >= 15 is 0 Å². The Kier molecular flexibility index (Phi) is 5.84. The molecule has 1 fully saturated rings. The molecular weight excluding hydrogens is 416 g/mol. The van der Waals surface area contributed by atoms with Crippen LogP contribution in [-0.4, -0.2) is 21.3 Å². The molecule has 2 nitrogen and oxygen atoms in total. The lowest BCUT2D eigenvalue weighted by Gasteiger charge is -2.54. The molecule has 0 radical (unpaired) electrons. The van der Waals surface area contributed by atoms with Crippen molar-refractivity contribution in [1.82, 2.24) is 5.06 Å². The molecule has 0 aromatic rings. The molecule has 1 aliphatic heterocycles. The molecule has 0 atom stereocenters. The fourth-order valence-electron chi connectivity index (χ4n) is 3.37. The molecule has 4 heteroatoms. The van der Waals surface area contributed by atoms with Gasteiger partial charge in [0.25, 0.3) is 0 Å². The van der Waals surface area contributed by atoms with Crippen molar-refractivity contribution >= 4 is 37.2 Å². The standard InChI is InChI=1S/C11H23NO.I2/c1-9(2)7-10(3,4)12(13)11(5,6)8-9;1-2/h13H,7-8H2,1-6H3;. The second-order valence-corrected chi connectivity index (χ2v) is 6.45. The minimum absolute atomic E-state index is 0.106. The molecule has 0 aromatic heterocycles. The third-order valence-corrected chi connectivity index (χ3v) is 2.97. The third-order valence-electron chi connectivity index (χ3n) is 2.97. The molecule has 0 saturated carbocycles. The van der Waals surface area contributed by atoms with Crippen LogP contribution >= 0.6 is 37.2 Å². The minimum Gasteiger partial charge on any atom is -0.313 e. The van der Waals surface area contributed by atoms with Crippen LogP contribution in [0.2, 0.25) is 0 Å². The Balaban J connectivity index is 0.000000921. The molecule has 0 unspecified atom stereocenters. The second-order valence-electron chi connectivity index (χ2n) is 6.45. The lowest BCUT2D eigenvalue weighted by Crippen LogP contribution is -2.60. The number of rotatable bonds is 0. The number of hydroxylamine groups is 2. The van der Waals surface area contributed by atoms with Crippen LogP contribution in [0.1, 0.15) is 54.4 Å². The van der Waals surface area contributed by atoms with Crippen molar-refractivity contribution in [3.63, 3.8) is 0 Å². The van der Waals surface area contributed by atoms with Crippen molar-refractivity contribution in [3.8, 4) is 0 Å². The predicted octanol–water partition coefficient (Wildman–Crippen LogP) is 4.83. The SMILES string of the molecule is CC1(C)CC(C)(C)N(O)C(C)(C)C1.II. The van der Waals surface area contributed by atoms with Gasteiger partial charge < -0.3 is 5.21 Å². The molecule has 0 amide bonds. The molecule has 0 bridgehead atoms. The van der Waals surface area contributed by atoms with E-state index in [4.69, 9.17) is 0 Å². The van der Waals surface area contributed by atoms with Gasteiger partial charge in [0, 0.05) is 48.3 Å². The summed E-state index contributed by atoms with van der Waals surface area (Å²) in [5.41, 5.74) is 0.114. The maximum absolute atomic E-state index is 10.0. The van der Waals surface area contributed by atoms with Gasteiger partial charge in [-0.25, -0.2) is 0 Å². The van der Waals surface area contributed by atoms with E-state index in [0.29, 0.717) is 5.41 Å². The quantitative estimate of drug-likeness (QED) is 0.547. The van der Waals surface area contributed by atoms with Gasteiger partial charge in [-0.05, 0) is 46.0 Å². The van der Waals surface area contributed by atoms with Crippen molar-refractivity contribution in [2.45, 2.75) is 65.5 Å². The summed E-state index contributed by atoms with van der Waals surface area (Å²) >= 11 is 4.24. The van der Waals surface area contributed by atoms with Gasteiger partial charge >= 0.3 is 0 Å². The summed E-state index contributed by atoms with van der Waals surface area (Å²) in [6.45, 7) is 13.0. The van der Waals surface area contributed by atoms with Crippen LogP contribution in [0.4, 0.5) is 0 Å². The fourth-order valence-corrected chi connectivity index (χ4v) is 3.37. The zero-order valence-corrected chi connectivity index (χ0v) is 14.9. The Morgan fingerprint density at radius 2 is 1.13 bits per heavy atom. The van der Waals surface area contributed by atoms with E-state index in [9.17, 15) is 5.21 Å². The van der Waals surface area contributed by atoms with E-state index in [2.05, 4.69) is 78.8 Å². The molecule has 0 aliphatic carbocycles. The Hall–Kier alpha value is 1.38. The van der Waals surface area contributed by atoms with Gasteiger partial charge in [-0.2, -0.15) is 5.06 Å². The fraction of sp³-hybridized carbons (Fsp3) is 1.00. The van der Waals surface area contributed by atoms with E-state index in [1.165, 1.54) is 5.06 Å². The summed E-state index contributed by atoms with van der Waals surface area (Å²) in [7, 11) is 0. The number of nitrogens with zero attached hydrogens (tertiary/aromatic N) is 1. The summed E-state index contributed by atoms with van der Waals surface area (Å²) in [5.74, 6) is 0. The Morgan fingerprint density at radius 3 is 1.40 bits per heavy atom. The number of hydrogen-bond donors (Lipinski definition) is 1. The number of piperidine rings is 1. The number of hydrogen-bond acceptors (Lipinski definition) is 2. The van der Waals surface area contributed by atoms with E-state index < -0.39 is 0 Å². The zero-order chi connectivity index (χ0) is 12.5. The highest BCUT2D eigenvalue weighted by Crippen LogP contribution is 2.46. The van der Waals surface area contributed by atoms with Crippen LogP contribution in [0.25, 0.3) is 0 Å². The van der Waals surface area contributed by atoms with Crippen molar-refractivity contribution in [1.29, 1.82) is 0 Å².